The van der Waals surface area contributed by atoms with Crippen molar-refractivity contribution >= 4 is 11.6 Å². The topological polar surface area (TPSA) is 32.3 Å². The third-order valence-electron chi connectivity index (χ3n) is 3.26. The molecular formula is C17H20ClNO. The van der Waals surface area contributed by atoms with E-state index in [1.807, 2.05) is 30.3 Å². The van der Waals surface area contributed by atoms with Crippen molar-refractivity contribution in [2.45, 2.75) is 25.8 Å². The summed E-state index contributed by atoms with van der Waals surface area (Å²) in [4.78, 5) is 0. The van der Waals surface area contributed by atoms with Gasteiger partial charge in [-0.25, -0.2) is 0 Å². The first-order valence-corrected chi connectivity index (χ1v) is 7.33. The lowest BCUT2D eigenvalue weighted by molar-refractivity contribution is 0.473. The zero-order valence-electron chi connectivity index (χ0n) is 11.6. The lowest BCUT2D eigenvalue weighted by atomic mass is 9.98. The van der Waals surface area contributed by atoms with Crippen LogP contribution < -0.4 is 5.32 Å². The number of benzene rings is 2. The molecule has 0 aliphatic heterocycles. The molecule has 1 unspecified atom stereocenters. The molecule has 2 aromatic rings. The van der Waals surface area contributed by atoms with E-state index in [-0.39, 0.29) is 6.04 Å². The lowest BCUT2D eigenvalue weighted by Crippen LogP contribution is -2.24. The molecule has 0 aromatic heterocycles. The third kappa shape index (κ3) is 4.26. The van der Waals surface area contributed by atoms with Gasteiger partial charge in [0.2, 0.25) is 0 Å². The molecule has 2 rings (SSSR count). The second-order valence-electron chi connectivity index (χ2n) is 4.93. The number of hydrogen-bond donors (Lipinski definition) is 2. The maximum Gasteiger partial charge on any atom is 0.115 e. The van der Waals surface area contributed by atoms with Gasteiger partial charge in [-0.15, -0.1) is 0 Å². The largest absolute Gasteiger partial charge is 0.508 e. The number of nitrogens with one attached hydrogen (secondary N) is 1. The SMILES string of the molecule is CCCNC(Cc1cccc(O)c1)c1ccc(Cl)cc1. The molecule has 0 heterocycles. The minimum absolute atomic E-state index is 0.231. The highest BCUT2D eigenvalue weighted by atomic mass is 35.5. The Bertz CT molecular complexity index is 539. The Kier molecular flexibility index (Phi) is 5.45. The Morgan fingerprint density at radius 2 is 1.90 bits per heavy atom. The Balaban J connectivity index is 2.16. The summed E-state index contributed by atoms with van der Waals surface area (Å²) < 4.78 is 0. The minimum Gasteiger partial charge on any atom is -0.508 e. The van der Waals surface area contributed by atoms with Crippen molar-refractivity contribution in [1.29, 1.82) is 0 Å². The molecule has 0 amide bonds. The fourth-order valence-corrected chi connectivity index (χ4v) is 2.37. The molecule has 2 nitrogen and oxygen atoms in total. The van der Waals surface area contributed by atoms with Gasteiger partial charge in [-0.2, -0.15) is 0 Å². The van der Waals surface area contributed by atoms with E-state index in [0.717, 1.165) is 30.0 Å². The van der Waals surface area contributed by atoms with Crippen LogP contribution in [0.2, 0.25) is 5.02 Å². The first-order valence-electron chi connectivity index (χ1n) is 6.96. The molecule has 20 heavy (non-hydrogen) atoms. The highest BCUT2D eigenvalue weighted by Gasteiger charge is 2.11. The normalized spacial score (nSPS) is 12.3. The summed E-state index contributed by atoms with van der Waals surface area (Å²) in [6.45, 7) is 3.12. The van der Waals surface area contributed by atoms with Crippen molar-refractivity contribution in [3.8, 4) is 5.75 Å². The van der Waals surface area contributed by atoms with Gasteiger partial charge in [0.15, 0.2) is 0 Å². The van der Waals surface area contributed by atoms with E-state index >= 15 is 0 Å². The lowest BCUT2D eigenvalue weighted by Gasteiger charge is -2.19. The van der Waals surface area contributed by atoms with Crippen molar-refractivity contribution in [2.75, 3.05) is 6.54 Å². The van der Waals surface area contributed by atoms with Gasteiger partial charge in [0.1, 0.15) is 5.75 Å². The van der Waals surface area contributed by atoms with Crippen LogP contribution in [0, 0.1) is 0 Å². The molecule has 0 radical (unpaired) electrons. The molecule has 0 saturated carbocycles. The first-order chi connectivity index (χ1) is 9.69. The predicted molar refractivity (Wildman–Crippen MR) is 84.3 cm³/mol. The molecular weight excluding hydrogens is 270 g/mol. The number of halogens is 1. The van der Waals surface area contributed by atoms with Crippen LogP contribution in [-0.4, -0.2) is 11.7 Å². The van der Waals surface area contributed by atoms with Gasteiger partial charge in [-0.3, -0.25) is 0 Å². The van der Waals surface area contributed by atoms with Crippen molar-refractivity contribution in [2.24, 2.45) is 0 Å². The summed E-state index contributed by atoms with van der Waals surface area (Å²) >= 11 is 5.95. The average Bonchev–Trinajstić information content (AvgIpc) is 2.44. The predicted octanol–water partition coefficient (Wildman–Crippen LogP) is 4.33. The molecule has 0 fully saturated rings. The van der Waals surface area contributed by atoms with Gasteiger partial charge in [0.05, 0.1) is 0 Å². The number of hydrogen-bond acceptors (Lipinski definition) is 2. The van der Waals surface area contributed by atoms with Crippen LogP contribution in [0.4, 0.5) is 0 Å². The van der Waals surface area contributed by atoms with Gasteiger partial charge in [-0.05, 0) is 54.8 Å². The summed E-state index contributed by atoms with van der Waals surface area (Å²) in [6.07, 6.45) is 1.93. The molecule has 106 valence electrons. The maximum atomic E-state index is 9.57. The molecule has 3 heteroatoms. The number of phenols is 1. The molecule has 2 aromatic carbocycles. The molecule has 0 aliphatic carbocycles. The van der Waals surface area contributed by atoms with Gasteiger partial charge >= 0.3 is 0 Å². The smallest absolute Gasteiger partial charge is 0.115 e. The van der Waals surface area contributed by atoms with Crippen LogP contribution in [-0.2, 0) is 6.42 Å². The first kappa shape index (κ1) is 14.9. The maximum absolute atomic E-state index is 9.57. The summed E-state index contributed by atoms with van der Waals surface area (Å²) in [6, 6.07) is 15.6. The zero-order valence-corrected chi connectivity index (χ0v) is 12.4. The molecule has 0 saturated heterocycles. The Labute approximate surface area is 125 Å². The average molecular weight is 290 g/mol. The summed E-state index contributed by atoms with van der Waals surface area (Å²) in [5.74, 6) is 0.313. The van der Waals surface area contributed by atoms with E-state index < -0.39 is 0 Å². The van der Waals surface area contributed by atoms with E-state index in [9.17, 15) is 5.11 Å². The molecule has 0 bridgehead atoms. The third-order valence-corrected chi connectivity index (χ3v) is 3.52. The molecule has 2 N–H and O–H groups in total. The standard InChI is InChI=1S/C17H20ClNO/c1-2-10-19-17(14-6-8-15(18)9-7-14)12-13-4-3-5-16(20)11-13/h3-9,11,17,19-20H,2,10,12H2,1H3. The van der Waals surface area contributed by atoms with E-state index in [2.05, 4.69) is 24.4 Å². The van der Waals surface area contributed by atoms with Gasteiger partial charge in [0, 0.05) is 11.1 Å². The monoisotopic (exact) mass is 289 g/mol. The highest BCUT2D eigenvalue weighted by molar-refractivity contribution is 6.30. The minimum atomic E-state index is 0.231. The molecule has 0 aliphatic rings. The zero-order chi connectivity index (χ0) is 14.4. The van der Waals surface area contributed by atoms with Crippen molar-refractivity contribution in [1.82, 2.24) is 5.32 Å². The van der Waals surface area contributed by atoms with E-state index in [0.29, 0.717) is 5.75 Å². The van der Waals surface area contributed by atoms with Crippen LogP contribution in [0.3, 0.4) is 0 Å². The van der Waals surface area contributed by atoms with Crippen LogP contribution >= 0.6 is 11.6 Å². The van der Waals surface area contributed by atoms with Crippen LogP contribution in [0.1, 0.15) is 30.5 Å². The van der Waals surface area contributed by atoms with Gasteiger partial charge in [-0.1, -0.05) is 42.8 Å². The summed E-state index contributed by atoms with van der Waals surface area (Å²) in [5.41, 5.74) is 2.33. The van der Waals surface area contributed by atoms with Gasteiger partial charge < -0.3 is 10.4 Å². The highest BCUT2D eigenvalue weighted by Crippen LogP contribution is 2.22. The molecule has 0 spiro atoms. The fourth-order valence-electron chi connectivity index (χ4n) is 2.24. The van der Waals surface area contributed by atoms with Crippen LogP contribution in [0.25, 0.3) is 0 Å². The quantitative estimate of drug-likeness (QED) is 0.829. The Morgan fingerprint density at radius 3 is 2.55 bits per heavy atom. The summed E-state index contributed by atoms with van der Waals surface area (Å²) in [5, 5.41) is 13.9. The number of phenolic OH excluding ortho intramolecular Hbond substituents is 1. The summed E-state index contributed by atoms with van der Waals surface area (Å²) in [7, 11) is 0. The van der Waals surface area contributed by atoms with Crippen molar-refractivity contribution in [3.63, 3.8) is 0 Å². The van der Waals surface area contributed by atoms with E-state index in [4.69, 9.17) is 11.6 Å². The number of rotatable bonds is 6. The molecule has 1 atom stereocenters. The van der Waals surface area contributed by atoms with E-state index in [1.54, 1.807) is 6.07 Å². The second kappa shape index (κ2) is 7.32. The Hall–Kier alpha value is -1.51. The van der Waals surface area contributed by atoms with Crippen molar-refractivity contribution in [3.05, 3.63) is 64.7 Å². The van der Waals surface area contributed by atoms with Crippen LogP contribution in [0.15, 0.2) is 48.5 Å². The van der Waals surface area contributed by atoms with Crippen molar-refractivity contribution < 1.29 is 5.11 Å². The fraction of sp³-hybridized carbons (Fsp3) is 0.294. The van der Waals surface area contributed by atoms with Gasteiger partial charge in [0.25, 0.3) is 0 Å². The van der Waals surface area contributed by atoms with Crippen LogP contribution in [0.5, 0.6) is 5.75 Å². The second-order valence-corrected chi connectivity index (χ2v) is 5.37. The van der Waals surface area contributed by atoms with E-state index in [1.165, 1.54) is 5.56 Å². The number of aromatic hydroxyl groups is 1. The Morgan fingerprint density at radius 1 is 1.15 bits per heavy atom.